The second-order valence-electron chi connectivity index (χ2n) is 7.09. The van der Waals surface area contributed by atoms with Gasteiger partial charge in [0.05, 0.1) is 10.8 Å². The molecule has 6 nitrogen and oxygen atoms in total. The van der Waals surface area contributed by atoms with Crippen LogP contribution in [-0.4, -0.2) is 56.8 Å². The Kier molecular flexibility index (Phi) is 6.49. The van der Waals surface area contributed by atoms with Crippen LogP contribution in [0.1, 0.15) is 24.8 Å². The van der Waals surface area contributed by atoms with Crippen molar-refractivity contribution in [3.05, 3.63) is 60.2 Å². The lowest BCUT2D eigenvalue weighted by atomic mass is 9.95. The first kappa shape index (κ1) is 20.5. The molecule has 1 atom stereocenters. The van der Waals surface area contributed by atoms with Crippen LogP contribution in [0.5, 0.6) is 0 Å². The summed E-state index contributed by atoms with van der Waals surface area (Å²) in [5.41, 5.74) is 1.56. The Labute approximate surface area is 167 Å². The van der Waals surface area contributed by atoms with E-state index in [9.17, 15) is 13.2 Å². The van der Waals surface area contributed by atoms with E-state index in [4.69, 9.17) is 0 Å². The molecular formula is C21H27N3O3S. The standard InChI is InChI=1S/C21H27N3O3S/c1-3-20(17-7-5-4-6-8-17)21(25)22-18-9-11-19(12-10-18)28(26,27)24-15-13-23(2)14-16-24/h4-12,20H,3,13-16H2,1-2H3,(H,22,25)/t20-/m0/s1. The molecule has 0 saturated carbocycles. The van der Waals surface area contributed by atoms with Gasteiger partial charge < -0.3 is 10.2 Å². The zero-order chi connectivity index (χ0) is 20.1. The molecule has 1 aliphatic heterocycles. The molecule has 1 aliphatic rings. The maximum atomic E-state index is 12.8. The number of benzene rings is 2. The van der Waals surface area contributed by atoms with Crippen LogP contribution in [0.2, 0.25) is 0 Å². The van der Waals surface area contributed by atoms with Crippen molar-refractivity contribution in [1.29, 1.82) is 0 Å². The molecule has 0 radical (unpaired) electrons. The van der Waals surface area contributed by atoms with Gasteiger partial charge in [0.2, 0.25) is 15.9 Å². The minimum absolute atomic E-state index is 0.0941. The van der Waals surface area contributed by atoms with Crippen LogP contribution in [0.25, 0.3) is 0 Å². The Morgan fingerprint density at radius 2 is 1.61 bits per heavy atom. The molecule has 28 heavy (non-hydrogen) atoms. The highest BCUT2D eigenvalue weighted by Crippen LogP contribution is 2.23. The fraction of sp³-hybridized carbons (Fsp3) is 0.381. The quantitative estimate of drug-likeness (QED) is 0.808. The van der Waals surface area contributed by atoms with E-state index in [2.05, 4.69) is 10.2 Å². The van der Waals surface area contributed by atoms with E-state index in [-0.39, 0.29) is 16.7 Å². The maximum Gasteiger partial charge on any atom is 0.243 e. The number of carbonyl (C=O) groups is 1. The van der Waals surface area contributed by atoms with Gasteiger partial charge in [-0.05, 0) is 43.3 Å². The first-order valence-corrected chi connectivity index (χ1v) is 11.0. The minimum atomic E-state index is -3.50. The molecule has 0 aromatic heterocycles. The van der Waals surface area contributed by atoms with Crippen LogP contribution in [0.3, 0.4) is 0 Å². The normalized spacial score (nSPS) is 17.2. The molecule has 0 spiro atoms. The monoisotopic (exact) mass is 401 g/mol. The van der Waals surface area contributed by atoms with Gasteiger partial charge in [-0.3, -0.25) is 4.79 Å². The van der Waals surface area contributed by atoms with Crippen molar-refractivity contribution in [3.63, 3.8) is 0 Å². The fourth-order valence-corrected chi connectivity index (χ4v) is 4.80. The first-order chi connectivity index (χ1) is 13.4. The molecule has 7 heteroatoms. The highest BCUT2D eigenvalue weighted by atomic mass is 32.2. The summed E-state index contributed by atoms with van der Waals surface area (Å²) in [7, 11) is -1.51. The van der Waals surface area contributed by atoms with Crippen molar-refractivity contribution in [2.45, 2.75) is 24.2 Å². The summed E-state index contributed by atoms with van der Waals surface area (Å²) >= 11 is 0. The second kappa shape index (κ2) is 8.86. The predicted molar refractivity (Wildman–Crippen MR) is 111 cm³/mol. The highest BCUT2D eigenvalue weighted by Gasteiger charge is 2.27. The summed E-state index contributed by atoms with van der Waals surface area (Å²) in [5, 5.41) is 2.90. The molecule has 3 rings (SSSR count). The van der Waals surface area contributed by atoms with Crippen molar-refractivity contribution in [2.75, 3.05) is 38.5 Å². The molecule has 1 heterocycles. The van der Waals surface area contributed by atoms with E-state index < -0.39 is 10.0 Å². The number of sulfonamides is 1. The Morgan fingerprint density at radius 1 is 1.00 bits per heavy atom. The fourth-order valence-electron chi connectivity index (χ4n) is 3.37. The molecule has 2 aromatic carbocycles. The van der Waals surface area contributed by atoms with Gasteiger partial charge in [0.25, 0.3) is 0 Å². The van der Waals surface area contributed by atoms with Crippen LogP contribution in [0.15, 0.2) is 59.5 Å². The topological polar surface area (TPSA) is 69.7 Å². The van der Waals surface area contributed by atoms with Crippen LogP contribution in [0.4, 0.5) is 5.69 Å². The lowest BCUT2D eigenvalue weighted by molar-refractivity contribution is -0.117. The van der Waals surface area contributed by atoms with Gasteiger partial charge in [0, 0.05) is 31.9 Å². The van der Waals surface area contributed by atoms with E-state index in [0.29, 0.717) is 25.2 Å². The molecule has 1 fully saturated rings. The van der Waals surface area contributed by atoms with E-state index in [1.807, 2.05) is 44.3 Å². The van der Waals surface area contributed by atoms with Gasteiger partial charge in [-0.15, -0.1) is 0 Å². The number of hydrogen-bond acceptors (Lipinski definition) is 4. The predicted octanol–water partition coefficient (Wildman–Crippen LogP) is 2.76. The van der Waals surface area contributed by atoms with Gasteiger partial charge >= 0.3 is 0 Å². The van der Waals surface area contributed by atoms with Gasteiger partial charge in [-0.25, -0.2) is 8.42 Å². The van der Waals surface area contributed by atoms with Crippen molar-refractivity contribution in [3.8, 4) is 0 Å². The number of hydrogen-bond donors (Lipinski definition) is 1. The number of nitrogens with one attached hydrogen (secondary N) is 1. The molecule has 1 amide bonds. The summed E-state index contributed by atoms with van der Waals surface area (Å²) in [6.45, 7) is 4.42. The third-order valence-corrected chi connectivity index (χ3v) is 7.06. The smallest absolute Gasteiger partial charge is 0.243 e. The molecule has 2 aromatic rings. The highest BCUT2D eigenvalue weighted by molar-refractivity contribution is 7.89. The largest absolute Gasteiger partial charge is 0.326 e. The van der Waals surface area contributed by atoms with Gasteiger partial charge in [0.15, 0.2) is 0 Å². The first-order valence-electron chi connectivity index (χ1n) is 9.56. The molecule has 0 unspecified atom stereocenters. The number of rotatable bonds is 6. The minimum Gasteiger partial charge on any atom is -0.326 e. The summed E-state index contributed by atoms with van der Waals surface area (Å²) in [4.78, 5) is 15.0. The SMILES string of the molecule is CC[C@H](C(=O)Nc1ccc(S(=O)(=O)N2CCN(C)CC2)cc1)c1ccccc1. The third-order valence-electron chi connectivity index (χ3n) is 5.15. The van der Waals surface area contributed by atoms with E-state index >= 15 is 0 Å². The Balaban J connectivity index is 1.69. The number of nitrogens with zero attached hydrogens (tertiary/aromatic N) is 2. The van der Waals surface area contributed by atoms with Gasteiger partial charge in [-0.1, -0.05) is 37.3 Å². The van der Waals surface area contributed by atoms with Crippen molar-refractivity contribution in [2.24, 2.45) is 0 Å². The average molecular weight is 402 g/mol. The number of piperazine rings is 1. The maximum absolute atomic E-state index is 12.8. The van der Waals surface area contributed by atoms with Crippen molar-refractivity contribution >= 4 is 21.6 Å². The van der Waals surface area contributed by atoms with Crippen LogP contribution in [0, 0.1) is 0 Å². The Morgan fingerprint density at radius 3 is 2.18 bits per heavy atom. The van der Waals surface area contributed by atoms with E-state index in [0.717, 1.165) is 18.7 Å². The molecule has 0 bridgehead atoms. The Bertz CT molecular complexity index is 890. The van der Waals surface area contributed by atoms with Gasteiger partial charge in [0.1, 0.15) is 0 Å². The number of amides is 1. The molecule has 1 saturated heterocycles. The molecule has 150 valence electrons. The molecule has 1 N–H and O–H groups in total. The van der Waals surface area contributed by atoms with E-state index in [1.165, 1.54) is 4.31 Å². The van der Waals surface area contributed by atoms with Crippen molar-refractivity contribution in [1.82, 2.24) is 9.21 Å². The second-order valence-corrected chi connectivity index (χ2v) is 9.03. The lowest BCUT2D eigenvalue weighted by Gasteiger charge is -2.31. The lowest BCUT2D eigenvalue weighted by Crippen LogP contribution is -2.46. The summed E-state index contributed by atoms with van der Waals surface area (Å²) < 4.78 is 27.1. The summed E-state index contributed by atoms with van der Waals surface area (Å²) in [5.74, 6) is -0.335. The zero-order valence-electron chi connectivity index (χ0n) is 16.3. The van der Waals surface area contributed by atoms with Crippen LogP contribution < -0.4 is 5.32 Å². The zero-order valence-corrected chi connectivity index (χ0v) is 17.2. The Hall–Kier alpha value is -2.22. The van der Waals surface area contributed by atoms with Gasteiger partial charge in [-0.2, -0.15) is 4.31 Å². The number of anilines is 1. The number of likely N-dealkylation sites (N-methyl/N-ethyl adjacent to an activating group) is 1. The molecule has 0 aliphatic carbocycles. The summed E-state index contributed by atoms with van der Waals surface area (Å²) in [6, 6.07) is 16.1. The summed E-state index contributed by atoms with van der Waals surface area (Å²) in [6.07, 6.45) is 0.686. The number of carbonyl (C=O) groups excluding carboxylic acids is 1. The molecular weight excluding hydrogens is 374 g/mol. The van der Waals surface area contributed by atoms with Crippen molar-refractivity contribution < 1.29 is 13.2 Å². The third kappa shape index (κ3) is 4.60. The van der Waals surface area contributed by atoms with Crippen LogP contribution >= 0.6 is 0 Å². The average Bonchev–Trinajstić information content (AvgIpc) is 2.70. The van der Waals surface area contributed by atoms with Crippen LogP contribution in [-0.2, 0) is 14.8 Å². The van der Waals surface area contributed by atoms with E-state index in [1.54, 1.807) is 24.3 Å².